The zero-order chi connectivity index (χ0) is 14.1. The van der Waals surface area contributed by atoms with Crippen LogP contribution in [-0.2, 0) is 4.79 Å². The van der Waals surface area contributed by atoms with E-state index < -0.39 is 5.97 Å². The van der Waals surface area contributed by atoms with Crippen molar-refractivity contribution < 1.29 is 9.90 Å². The number of carboxylic acids is 1. The van der Waals surface area contributed by atoms with Crippen LogP contribution in [0.5, 0.6) is 0 Å². The highest BCUT2D eigenvalue weighted by Gasteiger charge is 2.28. The second-order valence-electron chi connectivity index (χ2n) is 5.48. The lowest BCUT2D eigenvalue weighted by molar-refractivity contribution is -0.137. The Kier molecular flexibility index (Phi) is 3.44. The Hall–Kier alpha value is -1.88. The number of nitrogens with zero attached hydrogens (tertiary/aromatic N) is 2. The lowest BCUT2D eigenvalue weighted by Gasteiger charge is -2.21. The molecule has 2 aromatic rings. The third kappa shape index (κ3) is 2.54. The Bertz CT molecular complexity index is 635. The Balaban J connectivity index is 1.83. The van der Waals surface area contributed by atoms with Crippen molar-refractivity contribution in [3.05, 3.63) is 29.6 Å². The number of aryl methyl sites for hydroxylation is 1. The molecule has 1 fully saturated rings. The summed E-state index contributed by atoms with van der Waals surface area (Å²) in [6, 6.07) is 6.41. The van der Waals surface area contributed by atoms with E-state index in [0.717, 1.165) is 36.2 Å². The molecule has 1 saturated heterocycles. The van der Waals surface area contributed by atoms with E-state index in [-0.39, 0.29) is 12.5 Å². The minimum absolute atomic E-state index is 0.190. The number of H-pyrrole nitrogens is 1. The molecule has 5 heteroatoms. The number of likely N-dealkylation sites (tertiary alicyclic amines) is 1. The molecule has 2 heterocycles. The molecule has 106 valence electrons. The molecular formula is C15H19N3O2. The van der Waals surface area contributed by atoms with Crippen LogP contribution in [0.4, 0.5) is 0 Å². The normalized spacial score (nSPS) is 19.8. The third-order valence-electron chi connectivity index (χ3n) is 3.95. The fourth-order valence-electron chi connectivity index (χ4n) is 2.94. The van der Waals surface area contributed by atoms with Crippen LogP contribution in [0, 0.1) is 6.92 Å². The maximum Gasteiger partial charge on any atom is 0.304 e. The molecule has 1 aliphatic heterocycles. The van der Waals surface area contributed by atoms with Crippen LogP contribution in [-0.4, -0.2) is 39.0 Å². The fraction of sp³-hybridized carbons (Fsp3) is 0.467. The van der Waals surface area contributed by atoms with E-state index in [9.17, 15) is 4.79 Å². The lowest BCUT2D eigenvalue weighted by Crippen LogP contribution is -2.26. The van der Waals surface area contributed by atoms with Crippen LogP contribution in [0.15, 0.2) is 18.2 Å². The van der Waals surface area contributed by atoms with Gasteiger partial charge in [0.15, 0.2) is 0 Å². The molecule has 0 amide bonds. The molecule has 1 aromatic heterocycles. The van der Waals surface area contributed by atoms with Crippen molar-refractivity contribution in [3.63, 3.8) is 0 Å². The number of fused-ring (bicyclic) bond motifs is 1. The SMILES string of the molecule is Cc1ccc2nc([C@@H]3CCCN3CCC(=O)O)[nH]c2c1. The van der Waals surface area contributed by atoms with Crippen molar-refractivity contribution >= 4 is 17.0 Å². The molecule has 0 radical (unpaired) electrons. The van der Waals surface area contributed by atoms with Crippen LogP contribution in [0.2, 0.25) is 0 Å². The Morgan fingerprint density at radius 3 is 3.20 bits per heavy atom. The molecule has 0 aliphatic carbocycles. The Morgan fingerprint density at radius 2 is 2.40 bits per heavy atom. The van der Waals surface area contributed by atoms with Crippen LogP contribution >= 0.6 is 0 Å². The molecule has 1 atom stereocenters. The highest BCUT2D eigenvalue weighted by Crippen LogP contribution is 2.31. The van der Waals surface area contributed by atoms with E-state index in [4.69, 9.17) is 5.11 Å². The van der Waals surface area contributed by atoms with E-state index in [1.165, 1.54) is 5.56 Å². The van der Waals surface area contributed by atoms with Gasteiger partial charge < -0.3 is 10.1 Å². The molecule has 0 spiro atoms. The topological polar surface area (TPSA) is 69.2 Å². The van der Waals surface area contributed by atoms with Gasteiger partial charge in [0.25, 0.3) is 0 Å². The second-order valence-corrected chi connectivity index (χ2v) is 5.48. The quantitative estimate of drug-likeness (QED) is 0.898. The molecule has 3 rings (SSSR count). The predicted octanol–water partition coefficient (Wildman–Crippen LogP) is 2.48. The molecule has 0 bridgehead atoms. The summed E-state index contributed by atoms with van der Waals surface area (Å²) in [7, 11) is 0. The lowest BCUT2D eigenvalue weighted by atomic mass is 10.2. The Labute approximate surface area is 117 Å². The smallest absolute Gasteiger partial charge is 0.304 e. The zero-order valence-electron chi connectivity index (χ0n) is 11.6. The molecule has 5 nitrogen and oxygen atoms in total. The third-order valence-corrected chi connectivity index (χ3v) is 3.95. The minimum Gasteiger partial charge on any atom is -0.481 e. The fourth-order valence-corrected chi connectivity index (χ4v) is 2.94. The summed E-state index contributed by atoms with van der Waals surface area (Å²) in [6.45, 7) is 3.61. The van der Waals surface area contributed by atoms with Gasteiger partial charge >= 0.3 is 5.97 Å². The molecular weight excluding hydrogens is 254 g/mol. The van der Waals surface area contributed by atoms with Gasteiger partial charge in [-0.05, 0) is 44.0 Å². The van der Waals surface area contributed by atoms with Crippen molar-refractivity contribution in [2.75, 3.05) is 13.1 Å². The zero-order valence-corrected chi connectivity index (χ0v) is 11.6. The van der Waals surface area contributed by atoms with E-state index >= 15 is 0 Å². The highest BCUT2D eigenvalue weighted by molar-refractivity contribution is 5.75. The maximum atomic E-state index is 10.7. The van der Waals surface area contributed by atoms with Gasteiger partial charge in [-0.25, -0.2) is 4.98 Å². The van der Waals surface area contributed by atoms with Gasteiger partial charge in [-0.3, -0.25) is 9.69 Å². The van der Waals surface area contributed by atoms with E-state index in [0.29, 0.717) is 6.54 Å². The first-order valence-electron chi connectivity index (χ1n) is 7.05. The number of hydrogen-bond acceptors (Lipinski definition) is 3. The average molecular weight is 273 g/mol. The Morgan fingerprint density at radius 1 is 1.55 bits per heavy atom. The molecule has 2 N–H and O–H groups in total. The number of aromatic amines is 1. The summed E-state index contributed by atoms with van der Waals surface area (Å²) in [5.74, 6) is 0.226. The van der Waals surface area contributed by atoms with E-state index in [1.54, 1.807) is 0 Å². The number of hydrogen-bond donors (Lipinski definition) is 2. The van der Waals surface area contributed by atoms with Crippen molar-refractivity contribution in [2.24, 2.45) is 0 Å². The monoisotopic (exact) mass is 273 g/mol. The molecule has 1 aromatic carbocycles. The van der Waals surface area contributed by atoms with Crippen molar-refractivity contribution in [2.45, 2.75) is 32.2 Å². The van der Waals surface area contributed by atoms with Gasteiger partial charge in [-0.15, -0.1) is 0 Å². The van der Waals surface area contributed by atoms with Gasteiger partial charge in [-0.2, -0.15) is 0 Å². The number of nitrogens with one attached hydrogen (secondary N) is 1. The van der Waals surface area contributed by atoms with Gasteiger partial charge in [-0.1, -0.05) is 6.07 Å². The molecule has 0 saturated carbocycles. The second kappa shape index (κ2) is 5.25. The summed E-state index contributed by atoms with van der Waals surface area (Å²) in [5, 5.41) is 8.83. The number of imidazole rings is 1. The van der Waals surface area contributed by atoms with Crippen LogP contribution in [0.3, 0.4) is 0 Å². The largest absolute Gasteiger partial charge is 0.481 e. The average Bonchev–Trinajstić information content (AvgIpc) is 3.01. The summed E-state index contributed by atoms with van der Waals surface area (Å²) in [5.41, 5.74) is 3.25. The summed E-state index contributed by atoms with van der Waals surface area (Å²) < 4.78 is 0. The van der Waals surface area contributed by atoms with Gasteiger partial charge in [0.1, 0.15) is 5.82 Å². The number of rotatable bonds is 4. The molecule has 20 heavy (non-hydrogen) atoms. The van der Waals surface area contributed by atoms with Crippen molar-refractivity contribution in [3.8, 4) is 0 Å². The van der Waals surface area contributed by atoms with E-state index in [1.807, 2.05) is 6.07 Å². The highest BCUT2D eigenvalue weighted by atomic mass is 16.4. The standard InChI is InChI=1S/C15H19N3O2/c1-10-4-5-11-12(9-10)17-15(16-11)13-3-2-7-18(13)8-6-14(19)20/h4-5,9,13H,2-3,6-8H2,1H3,(H,16,17)(H,19,20)/t13-/m0/s1. The van der Waals surface area contributed by atoms with Crippen LogP contribution in [0.25, 0.3) is 11.0 Å². The number of carbonyl (C=O) groups is 1. The number of benzene rings is 1. The first-order valence-corrected chi connectivity index (χ1v) is 7.05. The van der Waals surface area contributed by atoms with Gasteiger partial charge in [0.05, 0.1) is 23.5 Å². The molecule has 0 unspecified atom stereocenters. The summed E-state index contributed by atoms with van der Waals surface area (Å²) in [4.78, 5) is 21.0. The van der Waals surface area contributed by atoms with Gasteiger partial charge in [0, 0.05) is 6.54 Å². The van der Waals surface area contributed by atoms with E-state index in [2.05, 4.69) is 33.9 Å². The first-order chi connectivity index (χ1) is 9.63. The number of carboxylic acid groups (broad SMARTS) is 1. The summed E-state index contributed by atoms with van der Waals surface area (Å²) in [6.07, 6.45) is 2.33. The van der Waals surface area contributed by atoms with Crippen molar-refractivity contribution in [1.29, 1.82) is 0 Å². The van der Waals surface area contributed by atoms with Gasteiger partial charge in [0.2, 0.25) is 0 Å². The predicted molar refractivity (Wildman–Crippen MR) is 76.6 cm³/mol. The molecule has 1 aliphatic rings. The van der Waals surface area contributed by atoms with Crippen LogP contribution in [0.1, 0.15) is 36.7 Å². The summed E-state index contributed by atoms with van der Waals surface area (Å²) >= 11 is 0. The maximum absolute atomic E-state index is 10.7. The minimum atomic E-state index is -0.740. The number of aromatic nitrogens is 2. The number of aliphatic carboxylic acids is 1. The van der Waals surface area contributed by atoms with Crippen LogP contribution < -0.4 is 0 Å². The van der Waals surface area contributed by atoms with Crippen molar-refractivity contribution in [1.82, 2.24) is 14.9 Å². The first kappa shape index (κ1) is 13.1.